The average Bonchev–Trinajstić information content (AvgIpc) is 2.90. The van der Waals surface area contributed by atoms with Crippen LogP contribution >= 0.6 is 0 Å². The van der Waals surface area contributed by atoms with E-state index in [-0.39, 0.29) is 5.91 Å². The van der Waals surface area contributed by atoms with Crippen LogP contribution in [0.25, 0.3) is 5.65 Å². The first-order valence-corrected chi connectivity index (χ1v) is 7.31. The van der Waals surface area contributed by atoms with Crippen molar-refractivity contribution in [3.63, 3.8) is 0 Å². The van der Waals surface area contributed by atoms with Crippen LogP contribution in [0, 0.1) is 0 Å². The number of β-amino-alcohol motifs (C(OH)–C–C–N with tert-alkyl or cyclic N) is 1. The van der Waals surface area contributed by atoms with E-state index in [1.54, 1.807) is 0 Å². The molecule has 6 nitrogen and oxygen atoms in total. The SMILES string of the molecule is O=C(NCCc1cn2ccccc2n1)C1(O)CCCNC1. The molecule has 0 aromatic carbocycles. The third-order valence-electron chi connectivity index (χ3n) is 3.86. The lowest BCUT2D eigenvalue weighted by Crippen LogP contribution is -2.56. The van der Waals surface area contributed by atoms with Gasteiger partial charge in [-0.2, -0.15) is 0 Å². The van der Waals surface area contributed by atoms with Gasteiger partial charge in [-0.05, 0) is 31.5 Å². The van der Waals surface area contributed by atoms with E-state index in [1.165, 1.54) is 0 Å². The zero-order valence-corrected chi connectivity index (χ0v) is 11.9. The topological polar surface area (TPSA) is 78.7 Å². The molecule has 1 aliphatic heterocycles. The van der Waals surface area contributed by atoms with Crippen molar-refractivity contribution in [1.29, 1.82) is 0 Å². The van der Waals surface area contributed by atoms with Gasteiger partial charge in [0.2, 0.25) is 0 Å². The number of nitrogens with zero attached hydrogens (tertiary/aromatic N) is 2. The standard InChI is InChI=1S/C15H20N4O2/c20-14(15(21)6-3-7-16-11-15)17-8-5-12-10-19-9-2-1-4-13(19)18-12/h1-2,4,9-10,16,21H,3,5-8,11H2,(H,17,20). The first-order chi connectivity index (χ1) is 10.2. The number of hydrogen-bond acceptors (Lipinski definition) is 4. The number of piperidine rings is 1. The molecule has 2 aromatic rings. The summed E-state index contributed by atoms with van der Waals surface area (Å²) < 4.78 is 1.95. The van der Waals surface area contributed by atoms with Gasteiger partial charge in [-0.3, -0.25) is 4.79 Å². The Hall–Kier alpha value is -1.92. The van der Waals surface area contributed by atoms with E-state index in [4.69, 9.17) is 0 Å². The molecule has 2 aromatic heterocycles. The number of nitrogens with one attached hydrogen (secondary N) is 2. The van der Waals surface area contributed by atoms with Gasteiger partial charge in [-0.25, -0.2) is 4.98 Å². The van der Waals surface area contributed by atoms with Gasteiger partial charge >= 0.3 is 0 Å². The largest absolute Gasteiger partial charge is 0.379 e. The Morgan fingerprint density at radius 2 is 2.43 bits per heavy atom. The fraction of sp³-hybridized carbons (Fsp3) is 0.467. The van der Waals surface area contributed by atoms with Gasteiger partial charge < -0.3 is 20.1 Å². The molecule has 112 valence electrons. The summed E-state index contributed by atoms with van der Waals surface area (Å²) in [5.41, 5.74) is 0.557. The number of rotatable bonds is 4. The zero-order valence-electron chi connectivity index (χ0n) is 11.9. The summed E-state index contributed by atoms with van der Waals surface area (Å²) in [4.78, 5) is 16.5. The molecule has 21 heavy (non-hydrogen) atoms. The van der Waals surface area contributed by atoms with Gasteiger partial charge in [0.05, 0.1) is 5.69 Å². The summed E-state index contributed by atoms with van der Waals surface area (Å²) in [6.07, 6.45) is 5.88. The predicted octanol–water partition coefficient (Wildman–Crippen LogP) is 0.107. The third-order valence-corrected chi connectivity index (χ3v) is 3.86. The third kappa shape index (κ3) is 3.06. The van der Waals surface area contributed by atoms with E-state index >= 15 is 0 Å². The van der Waals surface area contributed by atoms with E-state index in [1.807, 2.05) is 35.0 Å². The molecular weight excluding hydrogens is 268 g/mol. The fourth-order valence-corrected chi connectivity index (χ4v) is 2.66. The minimum absolute atomic E-state index is 0.293. The second-order valence-corrected chi connectivity index (χ2v) is 5.52. The summed E-state index contributed by atoms with van der Waals surface area (Å²) in [7, 11) is 0. The van der Waals surface area contributed by atoms with Crippen LogP contribution in [0.2, 0.25) is 0 Å². The van der Waals surface area contributed by atoms with Crippen molar-refractivity contribution >= 4 is 11.6 Å². The molecule has 1 saturated heterocycles. The zero-order chi connectivity index (χ0) is 14.7. The van der Waals surface area contributed by atoms with Crippen molar-refractivity contribution in [3.8, 4) is 0 Å². The molecule has 6 heteroatoms. The highest BCUT2D eigenvalue weighted by molar-refractivity contribution is 5.85. The van der Waals surface area contributed by atoms with Gasteiger partial charge in [-0.1, -0.05) is 6.07 Å². The van der Waals surface area contributed by atoms with Crippen LogP contribution in [0.4, 0.5) is 0 Å². The minimum atomic E-state index is -1.27. The van der Waals surface area contributed by atoms with Crippen molar-refractivity contribution in [3.05, 3.63) is 36.3 Å². The Bertz CT molecular complexity index is 598. The maximum atomic E-state index is 12.1. The first kappa shape index (κ1) is 14.0. The first-order valence-electron chi connectivity index (χ1n) is 7.31. The maximum Gasteiger partial charge on any atom is 0.253 e. The van der Waals surface area contributed by atoms with Crippen LogP contribution in [-0.2, 0) is 11.2 Å². The monoisotopic (exact) mass is 288 g/mol. The van der Waals surface area contributed by atoms with Gasteiger partial charge in [0.15, 0.2) is 5.60 Å². The summed E-state index contributed by atoms with van der Waals surface area (Å²) >= 11 is 0. The lowest BCUT2D eigenvalue weighted by Gasteiger charge is -2.31. The van der Waals surface area contributed by atoms with Crippen molar-refractivity contribution in [1.82, 2.24) is 20.0 Å². The molecule has 1 unspecified atom stereocenters. The number of imidazole rings is 1. The van der Waals surface area contributed by atoms with Gasteiger partial charge in [0.1, 0.15) is 5.65 Å². The lowest BCUT2D eigenvalue weighted by molar-refractivity contribution is -0.141. The van der Waals surface area contributed by atoms with Gasteiger partial charge in [0, 0.05) is 31.9 Å². The number of aromatic nitrogens is 2. The number of carbonyl (C=O) groups excluding carboxylic acids is 1. The van der Waals surface area contributed by atoms with Crippen LogP contribution in [0.5, 0.6) is 0 Å². The fourth-order valence-electron chi connectivity index (χ4n) is 2.66. The quantitative estimate of drug-likeness (QED) is 0.746. The second kappa shape index (κ2) is 5.83. The van der Waals surface area contributed by atoms with Crippen LogP contribution < -0.4 is 10.6 Å². The summed E-state index contributed by atoms with van der Waals surface area (Å²) in [5, 5.41) is 16.1. The molecular formula is C15H20N4O2. The van der Waals surface area contributed by atoms with E-state index in [0.29, 0.717) is 25.9 Å². The number of fused-ring (bicyclic) bond motifs is 1. The molecule has 1 aliphatic rings. The molecule has 0 spiro atoms. The Labute approximate surface area is 123 Å². The predicted molar refractivity (Wildman–Crippen MR) is 79.0 cm³/mol. The summed E-state index contributed by atoms with van der Waals surface area (Å²) in [5.74, 6) is -0.293. The summed E-state index contributed by atoms with van der Waals surface area (Å²) in [6, 6.07) is 5.84. The second-order valence-electron chi connectivity index (χ2n) is 5.52. The average molecular weight is 288 g/mol. The van der Waals surface area contributed by atoms with E-state index in [0.717, 1.165) is 24.3 Å². The van der Waals surface area contributed by atoms with Crippen molar-refractivity contribution in [2.24, 2.45) is 0 Å². The maximum absolute atomic E-state index is 12.1. The van der Waals surface area contributed by atoms with Crippen LogP contribution in [0.1, 0.15) is 18.5 Å². The number of hydrogen-bond donors (Lipinski definition) is 3. The molecule has 0 radical (unpaired) electrons. The molecule has 1 atom stereocenters. The van der Waals surface area contributed by atoms with Crippen molar-refractivity contribution < 1.29 is 9.90 Å². The number of aliphatic hydroxyl groups is 1. The molecule has 0 bridgehead atoms. The highest BCUT2D eigenvalue weighted by Gasteiger charge is 2.36. The molecule has 1 fully saturated rings. The van der Waals surface area contributed by atoms with Crippen molar-refractivity contribution in [2.45, 2.75) is 24.9 Å². The van der Waals surface area contributed by atoms with Crippen LogP contribution in [-0.4, -0.2) is 45.6 Å². The molecule has 0 saturated carbocycles. The molecule has 3 rings (SSSR count). The highest BCUT2D eigenvalue weighted by Crippen LogP contribution is 2.15. The Morgan fingerprint density at radius 1 is 1.52 bits per heavy atom. The Kier molecular flexibility index (Phi) is 3.90. The van der Waals surface area contributed by atoms with E-state index in [9.17, 15) is 9.90 Å². The molecule has 0 aliphatic carbocycles. The van der Waals surface area contributed by atoms with Crippen LogP contribution in [0.3, 0.4) is 0 Å². The molecule has 3 heterocycles. The number of pyridine rings is 1. The molecule has 1 amide bonds. The number of amides is 1. The van der Waals surface area contributed by atoms with Crippen molar-refractivity contribution in [2.75, 3.05) is 19.6 Å². The van der Waals surface area contributed by atoms with E-state index < -0.39 is 5.60 Å². The molecule has 3 N–H and O–H groups in total. The summed E-state index contributed by atoms with van der Waals surface area (Å²) in [6.45, 7) is 1.66. The highest BCUT2D eigenvalue weighted by atomic mass is 16.3. The number of carbonyl (C=O) groups is 1. The van der Waals surface area contributed by atoms with E-state index in [2.05, 4.69) is 15.6 Å². The minimum Gasteiger partial charge on any atom is -0.379 e. The van der Waals surface area contributed by atoms with Gasteiger partial charge in [-0.15, -0.1) is 0 Å². The Morgan fingerprint density at radius 3 is 3.19 bits per heavy atom. The lowest BCUT2D eigenvalue weighted by atomic mass is 9.93. The normalized spacial score (nSPS) is 22.3. The van der Waals surface area contributed by atoms with Gasteiger partial charge in [0.25, 0.3) is 5.91 Å². The van der Waals surface area contributed by atoms with Crippen LogP contribution in [0.15, 0.2) is 30.6 Å². The smallest absolute Gasteiger partial charge is 0.253 e. The Balaban J connectivity index is 1.54.